The summed E-state index contributed by atoms with van der Waals surface area (Å²) >= 11 is 0. The van der Waals surface area contributed by atoms with Gasteiger partial charge < -0.3 is 9.30 Å². The Hall–Kier alpha value is -2.34. The minimum absolute atomic E-state index is 0.290. The van der Waals surface area contributed by atoms with Crippen LogP contribution in [0.4, 0.5) is 0 Å². The first-order chi connectivity index (χ1) is 13.8. The van der Waals surface area contributed by atoms with E-state index in [1.807, 2.05) is 13.2 Å². The van der Waals surface area contributed by atoms with E-state index >= 15 is 0 Å². The van der Waals surface area contributed by atoms with Gasteiger partial charge in [-0.25, -0.2) is 0 Å². The van der Waals surface area contributed by atoms with Crippen LogP contribution in [0.25, 0.3) is 10.9 Å². The number of ether oxygens (including phenoxy) is 1. The van der Waals surface area contributed by atoms with Gasteiger partial charge in [-0.05, 0) is 43.9 Å². The molecule has 2 fully saturated rings. The van der Waals surface area contributed by atoms with Crippen molar-refractivity contribution in [1.82, 2.24) is 24.5 Å². The van der Waals surface area contributed by atoms with E-state index in [4.69, 9.17) is 4.74 Å². The summed E-state index contributed by atoms with van der Waals surface area (Å²) in [6.45, 7) is 2.96. The maximum absolute atomic E-state index is 6.48. The fraction of sp³-hybridized carbons (Fsp3) is 0.545. The highest BCUT2D eigenvalue weighted by molar-refractivity contribution is 5.86. The van der Waals surface area contributed by atoms with Crippen molar-refractivity contribution >= 4 is 10.9 Å². The SMILES string of the molecule is Cn1ncc(CN2CCC(Oc3cccc4c3ccn4C3CCCC3)CC2)n1. The van der Waals surface area contributed by atoms with Crippen LogP contribution in [0, 0.1) is 0 Å². The number of hydrogen-bond donors (Lipinski definition) is 0. The molecule has 6 heteroatoms. The molecule has 148 valence electrons. The third-order valence-electron chi connectivity index (χ3n) is 6.30. The van der Waals surface area contributed by atoms with Crippen LogP contribution in [0.2, 0.25) is 0 Å². The number of likely N-dealkylation sites (tertiary alicyclic amines) is 1. The molecule has 0 unspecified atom stereocenters. The second kappa shape index (κ2) is 7.59. The molecule has 2 aromatic heterocycles. The number of nitrogens with zero attached hydrogens (tertiary/aromatic N) is 5. The van der Waals surface area contributed by atoms with E-state index in [0.29, 0.717) is 12.1 Å². The molecule has 3 aromatic rings. The molecule has 3 heterocycles. The summed E-state index contributed by atoms with van der Waals surface area (Å²) in [6.07, 6.45) is 11.8. The molecule has 0 bridgehead atoms. The standard InChI is InChI=1S/C22H29N5O/c1-25-23-15-17(24-25)16-26-12-9-19(10-13-26)28-22-8-4-7-21-20(22)11-14-27(21)18-5-2-3-6-18/h4,7-8,11,14-15,18-19H,2-3,5-6,9-10,12-13,16H2,1H3. The van der Waals surface area contributed by atoms with Gasteiger partial charge in [0, 0.05) is 44.3 Å². The molecule has 2 aliphatic rings. The molecule has 1 aliphatic carbocycles. The van der Waals surface area contributed by atoms with Crippen LogP contribution in [-0.4, -0.2) is 43.7 Å². The van der Waals surface area contributed by atoms with Gasteiger partial charge in [0.2, 0.25) is 0 Å². The van der Waals surface area contributed by atoms with Gasteiger partial charge in [-0.3, -0.25) is 4.90 Å². The van der Waals surface area contributed by atoms with E-state index < -0.39 is 0 Å². The number of rotatable bonds is 5. The molecule has 0 amide bonds. The summed E-state index contributed by atoms with van der Waals surface area (Å²) in [7, 11) is 1.87. The van der Waals surface area contributed by atoms with Gasteiger partial charge in [0.05, 0.1) is 17.4 Å². The number of fused-ring (bicyclic) bond motifs is 1. The predicted octanol–water partition coefficient (Wildman–Crippen LogP) is 3.93. The van der Waals surface area contributed by atoms with E-state index in [2.05, 4.69) is 50.1 Å². The van der Waals surface area contributed by atoms with Crippen LogP contribution in [-0.2, 0) is 13.6 Å². The molecule has 28 heavy (non-hydrogen) atoms. The maximum atomic E-state index is 6.48. The summed E-state index contributed by atoms with van der Waals surface area (Å²) in [4.78, 5) is 4.07. The topological polar surface area (TPSA) is 48.1 Å². The van der Waals surface area contributed by atoms with Gasteiger partial charge in [0.25, 0.3) is 0 Å². The van der Waals surface area contributed by atoms with Crippen molar-refractivity contribution in [3.8, 4) is 5.75 Å². The number of benzene rings is 1. The first kappa shape index (κ1) is 17.7. The average molecular weight is 380 g/mol. The lowest BCUT2D eigenvalue weighted by Gasteiger charge is -2.31. The first-order valence-corrected chi connectivity index (χ1v) is 10.6. The number of piperidine rings is 1. The molecule has 6 nitrogen and oxygen atoms in total. The van der Waals surface area contributed by atoms with E-state index in [0.717, 1.165) is 43.9 Å². The molecular weight excluding hydrogens is 350 g/mol. The molecule has 0 atom stereocenters. The highest BCUT2D eigenvalue weighted by Gasteiger charge is 2.23. The lowest BCUT2D eigenvalue weighted by atomic mass is 10.1. The van der Waals surface area contributed by atoms with Crippen LogP contribution in [0.3, 0.4) is 0 Å². The van der Waals surface area contributed by atoms with E-state index in [-0.39, 0.29) is 0 Å². The highest BCUT2D eigenvalue weighted by atomic mass is 16.5. The molecule has 0 spiro atoms. The molecule has 0 radical (unpaired) electrons. The molecule has 0 N–H and O–H groups in total. The van der Waals surface area contributed by atoms with Crippen LogP contribution >= 0.6 is 0 Å². The van der Waals surface area contributed by atoms with Crippen molar-refractivity contribution in [1.29, 1.82) is 0 Å². The Bertz CT molecular complexity index is 931. The first-order valence-electron chi connectivity index (χ1n) is 10.6. The Kier molecular flexibility index (Phi) is 4.81. The zero-order valence-electron chi connectivity index (χ0n) is 16.6. The van der Waals surface area contributed by atoms with Crippen molar-refractivity contribution in [3.05, 3.63) is 42.4 Å². The van der Waals surface area contributed by atoms with Crippen molar-refractivity contribution in [2.45, 2.75) is 57.2 Å². The molecule has 5 rings (SSSR count). The predicted molar refractivity (Wildman–Crippen MR) is 109 cm³/mol. The van der Waals surface area contributed by atoms with E-state index in [1.165, 1.54) is 36.6 Å². The van der Waals surface area contributed by atoms with Crippen LogP contribution < -0.4 is 4.74 Å². The number of hydrogen-bond acceptors (Lipinski definition) is 4. The quantitative estimate of drug-likeness (QED) is 0.674. The van der Waals surface area contributed by atoms with Crippen molar-refractivity contribution in [2.75, 3.05) is 13.1 Å². The smallest absolute Gasteiger partial charge is 0.129 e. The van der Waals surface area contributed by atoms with Crippen LogP contribution in [0.15, 0.2) is 36.7 Å². The summed E-state index contributed by atoms with van der Waals surface area (Å²) < 4.78 is 8.95. The van der Waals surface area contributed by atoms with Crippen molar-refractivity contribution < 1.29 is 4.74 Å². The third-order valence-corrected chi connectivity index (χ3v) is 6.30. The largest absolute Gasteiger partial charge is 0.490 e. The average Bonchev–Trinajstić information content (AvgIpc) is 3.44. The Balaban J connectivity index is 1.24. The lowest BCUT2D eigenvalue weighted by Crippen LogP contribution is -2.37. The van der Waals surface area contributed by atoms with Crippen LogP contribution in [0.1, 0.15) is 50.3 Å². The molecular formula is C22H29N5O. The summed E-state index contributed by atoms with van der Waals surface area (Å²) in [5, 5.41) is 9.82. The Morgan fingerprint density at radius 2 is 1.89 bits per heavy atom. The normalized spacial score (nSPS) is 19.6. The van der Waals surface area contributed by atoms with Crippen molar-refractivity contribution in [3.63, 3.8) is 0 Å². The van der Waals surface area contributed by atoms with E-state index in [9.17, 15) is 0 Å². The molecule has 1 saturated carbocycles. The van der Waals surface area contributed by atoms with Crippen LogP contribution in [0.5, 0.6) is 5.75 Å². The fourth-order valence-electron chi connectivity index (χ4n) is 4.82. The zero-order valence-corrected chi connectivity index (χ0v) is 16.6. The summed E-state index contributed by atoms with van der Waals surface area (Å²) in [5.41, 5.74) is 2.37. The summed E-state index contributed by atoms with van der Waals surface area (Å²) in [5.74, 6) is 1.04. The third kappa shape index (κ3) is 3.53. The monoisotopic (exact) mass is 379 g/mol. The second-order valence-electron chi connectivity index (χ2n) is 8.27. The Morgan fingerprint density at radius 1 is 1.07 bits per heavy atom. The summed E-state index contributed by atoms with van der Waals surface area (Å²) in [6, 6.07) is 9.42. The number of aryl methyl sites for hydroxylation is 1. The lowest BCUT2D eigenvalue weighted by molar-refractivity contribution is 0.0972. The minimum atomic E-state index is 0.290. The minimum Gasteiger partial charge on any atom is -0.490 e. The van der Waals surface area contributed by atoms with E-state index in [1.54, 1.807) is 4.80 Å². The van der Waals surface area contributed by atoms with Gasteiger partial charge in [-0.15, -0.1) is 0 Å². The Labute approximate surface area is 166 Å². The van der Waals surface area contributed by atoms with Gasteiger partial charge >= 0.3 is 0 Å². The maximum Gasteiger partial charge on any atom is 0.129 e. The van der Waals surface area contributed by atoms with Crippen molar-refractivity contribution in [2.24, 2.45) is 7.05 Å². The van der Waals surface area contributed by atoms with Gasteiger partial charge in [-0.2, -0.15) is 15.0 Å². The van der Waals surface area contributed by atoms with Gasteiger partial charge in [0.1, 0.15) is 11.9 Å². The highest BCUT2D eigenvalue weighted by Crippen LogP contribution is 2.36. The fourth-order valence-corrected chi connectivity index (χ4v) is 4.82. The van der Waals surface area contributed by atoms with Gasteiger partial charge in [-0.1, -0.05) is 18.9 Å². The molecule has 1 aliphatic heterocycles. The number of aromatic nitrogens is 4. The molecule has 1 aromatic carbocycles. The zero-order chi connectivity index (χ0) is 18.9. The van der Waals surface area contributed by atoms with Gasteiger partial charge in [0.15, 0.2) is 0 Å². The Morgan fingerprint density at radius 3 is 2.64 bits per heavy atom. The second-order valence-corrected chi connectivity index (χ2v) is 8.27. The molecule has 1 saturated heterocycles.